The fourth-order valence-corrected chi connectivity index (χ4v) is 1.83. The molecule has 0 saturated heterocycles. The van der Waals surface area contributed by atoms with Crippen LogP contribution >= 0.6 is 15.9 Å². The number of carbonyl (C=O) groups is 1. The zero-order valence-electron chi connectivity index (χ0n) is 8.88. The number of carbonyl (C=O) groups excluding carboxylic acids is 1. The molecule has 92 valence electrons. The molecule has 1 aromatic heterocycles. The number of nitro groups is 1. The Morgan fingerprint density at radius 3 is 2.83 bits per heavy atom. The van der Waals surface area contributed by atoms with Gasteiger partial charge in [0.25, 0.3) is 11.6 Å². The van der Waals surface area contributed by atoms with E-state index in [0.717, 1.165) is 0 Å². The molecule has 0 unspecified atom stereocenters. The smallest absolute Gasteiger partial charge is 0.283 e. The second-order valence-electron chi connectivity index (χ2n) is 3.36. The quantitative estimate of drug-likeness (QED) is 0.671. The average Bonchev–Trinajstić information content (AvgIpc) is 2.81. The highest BCUT2D eigenvalue weighted by Gasteiger charge is 2.13. The van der Waals surface area contributed by atoms with Crippen LogP contribution < -0.4 is 5.32 Å². The fourth-order valence-electron chi connectivity index (χ4n) is 1.31. The first kappa shape index (κ1) is 12.2. The van der Waals surface area contributed by atoms with E-state index in [-0.39, 0.29) is 11.6 Å². The second-order valence-corrected chi connectivity index (χ2v) is 4.22. The van der Waals surface area contributed by atoms with E-state index in [1.165, 1.54) is 30.6 Å². The Bertz CT molecular complexity index is 597. The molecule has 0 aliphatic heterocycles. The summed E-state index contributed by atoms with van der Waals surface area (Å²) in [6.45, 7) is 0. The molecule has 0 bridgehead atoms. The second kappa shape index (κ2) is 4.96. The maximum Gasteiger partial charge on any atom is 0.283 e. The highest BCUT2D eigenvalue weighted by atomic mass is 79.9. The van der Waals surface area contributed by atoms with Crippen molar-refractivity contribution in [3.63, 3.8) is 0 Å². The number of halogens is 1. The van der Waals surface area contributed by atoms with Crippen molar-refractivity contribution in [2.24, 2.45) is 0 Å². The molecule has 18 heavy (non-hydrogen) atoms. The van der Waals surface area contributed by atoms with Crippen LogP contribution in [0.1, 0.15) is 10.4 Å². The third kappa shape index (κ3) is 2.54. The molecule has 2 rings (SSSR count). The molecule has 0 saturated carbocycles. The number of hydrogen-bond acceptors (Lipinski definition) is 4. The number of aromatic amines is 1. The minimum absolute atomic E-state index is 0.0590. The summed E-state index contributed by atoms with van der Waals surface area (Å²) < 4.78 is 0.303. The van der Waals surface area contributed by atoms with Crippen molar-refractivity contribution in [1.29, 1.82) is 0 Å². The first-order valence-electron chi connectivity index (χ1n) is 4.82. The minimum atomic E-state index is -0.508. The standard InChI is InChI=1S/C10H7BrN4O3/c11-8-3-7(1-2-9(8)15(17)18)14-10(16)6-4-12-13-5-6/h1-5H,(H,12,13)(H,14,16). The predicted octanol–water partition coefficient (Wildman–Crippen LogP) is 2.33. The first-order valence-corrected chi connectivity index (χ1v) is 5.61. The number of aromatic nitrogens is 2. The molecular weight excluding hydrogens is 304 g/mol. The van der Waals surface area contributed by atoms with Crippen LogP contribution in [0.25, 0.3) is 0 Å². The van der Waals surface area contributed by atoms with E-state index in [1.807, 2.05) is 0 Å². The molecule has 7 nitrogen and oxygen atoms in total. The van der Waals surface area contributed by atoms with Crippen molar-refractivity contribution >= 4 is 33.2 Å². The minimum Gasteiger partial charge on any atom is -0.322 e. The fraction of sp³-hybridized carbons (Fsp3) is 0. The van der Waals surface area contributed by atoms with Crippen LogP contribution in [0.15, 0.2) is 35.1 Å². The molecule has 2 aromatic rings. The van der Waals surface area contributed by atoms with Crippen LogP contribution in [-0.2, 0) is 0 Å². The van der Waals surface area contributed by atoms with Gasteiger partial charge in [0.15, 0.2) is 0 Å². The number of H-pyrrole nitrogens is 1. The van der Waals surface area contributed by atoms with E-state index in [2.05, 4.69) is 31.4 Å². The van der Waals surface area contributed by atoms with Crippen LogP contribution in [0.4, 0.5) is 11.4 Å². The molecule has 1 aromatic carbocycles. The van der Waals surface area contributed by atoms with Crippen molar-refractivity contribution in [3.05, 3.63) is 50.7 Å². The van der Waals surface area contributed by atoms with E-state index >= 15 is 0 Å². The highest BCUT2D eigenvalue weighted by Crippen LogP contribution is 2.27. The Morgan fingerprint density at radius 1 is 1.50 bits per heavy atom. The van der Waals surface area contributed by atoms with Crippen LogP contribution in [0.2, 0.25) is 0 Å². The number of rotatable bonds is 3. The summed E-state index contributed by atoms with van der Waals surface area (Å²) in [4.78, 5) is 21.8. The van der Waals surface area contributed by atoms with Crippen molar-refractivity contribution in [3.8, 4) is 0 Å². The van der Waals surface area contributed by atoms with Crippen LogP contribution in [0, 0.1) is 10.1 Å². The van der Waals surface area contributed by atoms with Crippen molar-refractivity contribution < 1.29 is 9.72 Å². The van der Waals surface area contributed by atoms with Gasteiger partial charge in [-0.2, -0.15) is 5.10 Å². The SMILES string of the molecule is O=C(Nc1ccc([N+](=O)[O-])c(Br)c1)c1cn[nH]c1. The van der Waals surface area contributed by atoms with Gasteiger partial charge in [-0.15, -0.1) is 0 Å². The maximum absolute atomic E-state index is 11.7. The van der Waals surface area contributed by atoms with Gasteiger partial charge >= 0.3 is 0 Å². The van der Waals surface area contributed by atoms with Gasteiger partial charge in [0.05, 0.1) is 21.2 Å². The Kier molecular flexibility index (Phi) is 3.38. The van der Waals surface area contributed by atoms with Crippen molar-refractivity contribution in [2.45, 2.75) is 0 Å². The van der Waals surface area contributed by atoms with E-state index in [4.69, 9.17) is 0 Å². The summed E-state index contributed by atoms with van der Waals surface area (Å²) in [5.74, 6) is -0.343. The number of anilines is 1. The summed E-state index contributed by atoms with van der Waals surface area (Å²) in [7, 11) is 0. The largest absolute Gasteiger partial charge is 0.322 e. The molecule has 0 aliphatic carbocycles. The molecule has 0 atom stereocenters. The lowest BCUT2D eigenvalue weighted by Crippen LogP contribution is -2.10. The highest BCUT2D eigenvalue weighted by molar-refractivity contribution is 9.10. The number of nitro benzene ring substituents is 1. The number of amides is 1. The van der Waals surface area contributed by atoms with Gasteiger partial charge in [-0.1, -0.05) is 0 Å². The first-order chi connectivity index (χ1) is 8.58. The normalized spacial score (nSPS) is 10.1. The molecule has 0 fully saturated rings. The Labute approximate surface area is 109 Å². The summed E-state index contributed by atoms with van der Waals surface area (Å²) in [5.41, 5.74) is 0.777. The van der Waals surface area contributed by atoms with Gasteiger partial charge in [-0.25, -0.2) is 0 Å². The Balaban J connectivity index is 2.18. The molecular formula is C10H7BrN4O3. The lowest BCUT2D eigenvalue weighted by atomic mass is 10.2. The Hall–Kier alpha value is -2.22. The summed E-state index contributed by atoms with van der Waals surface area (Å²) >= 11 is 3.07. The van der Waals surface area contributed by atoms with Gasteiger partial charge in [0, 0.05) is 18.0 Å². The predicted molar refractivity (Wildman–Crippen MR) is 67.3 cm³/mol. The summed E-state index contributed by atoms with van der Waals surface area (Å²) in [5, 5.41) is 19.4. The van der Waals surface area contributed by atoms with Crippen LogP contribution in [0.5, 0.6) is 0 Å². The van der Waals surface area contributed by atoms with E-state index in [0.29, 0.717) is 15.7 Å². The summed E-state index contributed by atoms with van der Waals surface area (Å²) in [6.07, 6.45) is 2.84. The van der Waals surface area contributed by atoms with E-state index in [9.17, 15) is 14.9 Å². The van der Waals surface area contributed by atoms with E-state index < -0.39 is 4.92 Å². The molecule has 8 heteroatoms. The van der Waals surface area contributed by atoms with Gasteiger partial charge in [-0.3, -0.25) is 20.0 Å². The molecule has 0 radical (unpaired) electrons. The number of nitrogens with one attached hydrogen (secondary N) is 2. The lowest BCUT2D eigenvalue weighted by Gasteiger charge is -2.04. The van der Waals surface area contributed by atoms with Crippen LogP contribution in [0.3, 0.4) is 0 Å². The van der Waals surface area contributed by atoms with Crippen molar-refractivity contribution in [2.75, 3.05) is 5.32 Å². The number of hydrogen-bond donors (Lipinski definition) is 2. The van der Waals surface area contributed by atoms with Gasteiger partial charge in [0.2, 0.25) is 0 Å². The summed E-state index contributed by atoms with van der Waals surface area (Å²) in [6, 6.07) is 4.24. The topological polar surface area (TPSA) is 101 Å². The van der Waals surface area contributed by atoms with Crippen LogP contribution in [-0.4, -0.2) is 21.0 Å². The number of benzene rings is 1. The van der Waals surface area contributed by atoms with Crippen molar-refractivity contribution in [1.82, 2.24) is 10.2 Å². The average molecular weight is 311 g/mol. The lowest BCUT2D eigenvalue weighted by molar-refractivity contribution is -0.385. The zero-order valence-corrected chi connectivity index (χ0v) is 10.5. The molecule has 1 heterocycles. The maximum atomic E-state index is 11.7. The Morgan fingerprint density at radius 2 is 2.28 bits per heavy atom. The number of nitrogens with zero attached hydrogens (tertiary/aromatic N) is 2. The zero-order chi connectivity index (χ0) is 13.1. The monoisotopic (exact) mass is 310 g/mol. The van der Waals surface area contributed by atoms with E-state index in [1.54, 1.807) is 0 Å². The molecule has 0 aliphatic rings. The third-order valence-electron chi connectivity index (χ3n) is 2.16. The van der Waals surface area contributed by atoms with Gasteiger partial charge in [-0.05, 0) is 28.1 Å². The van der Waals surface area contributed by atoms with Gasteiger partial charge < -0.3 is 5.32 Å². The van der Waals surface area contributed by atoms with Gasteiger partial charge in [0.1, 0.15) is 0 Å². The third-order valence-corrected chi connectivity index (χ3v) is 2.80. The molecule has 2 N–H and O–H groups in total. The molecule has 1 amide bonds. The molecule has 0 spiro atoms.